The number of hydrogen-bond donors (Lipinski definition) is 1. The molecule has 0 atom stereocenters. The normalized spacial score (nSPS) is 11.7. The molecular formula is C16H16N2O5. The summed E-state index contributed by atoms with van der Waals surface area (Å²) >= 11 is 0. The number of aromatic nitrogens is 1. The average molecular weight is 316 g/mol. The highest BCUT2D eigenvalue weighted by Gasteiger charge is 2.17. The zero-order chi connectivity index (χ0) is 16.6. The van der Waals surface area contributed by atoms with Gasteiger partial charge in [-0.25, -0.2) is 9.59 Å². The predicted molar refractivity (Wildman–Crippen MR) is 86.7 cm³/mol. The van der Waals surface area contributed by atoms with Crippen molar-refractivity contribution in [2.75, 3.05) is 6.54 Å². The highest BCUT2D eigenvalue weighted by molar-refractivity contribution is 5.97. The van der Waals surface area contributed by atoms with E-state index in [4.69, 9.17) is 5.73 Å². The van der Waals surface area contributed by atoms with Gasteiger partial charge in [-0.05, 0) is 31.5 Å². The summed E-state index contributed by atoms with van der Waals surface area (Å²) in [6, 6.07) is 2.57. The Hall–Kier alpha value is -2.54. The minimum Gasteiger partial charge on any atom is -0.386 e. The smallest absolute Gasteiger partial charge is 0.346 e. The van der Waals surface area contributed by atoms with E-state index in [0.717, 1.165) is 23.8 Å². The first kappa shape index (κ1) is 15.4. The molecule has 23 heavy (non-hydrogen) atoms. The molecule has 120 valence electrons. The number of fused-ring (bicyclic) bond motifs is 2. The molecule has 0 unspecified atom stereocenters. The van der Waals surface area contributed by atoms with E-state index >= 15 is 0 Å². The Morgan fingerprint density at radius 1 is 0.783 bits per heavy atom. The van der Waals surface area contributed by atoms with Gasteiger partial charge in [0.1, 0.15) is 0 Å². The summed E-state index contributed by atoms with van der Waals surface area (Å²) in [5.41, 5.74) is 2.99. The summed E-state index contributed by atoms with van der Waals surface area (Å²) in [5.74, 6) is 0. The number of rotatable bonds is 6. The lowest BCUT2D eigenvalue weighted by molar-refractivity contribution is 0.500. The largest absolute Gasteiger partial charge is 0.386 e. The van der Waals surface area contributed by atoms with Crippen LogP contribution >= 0.6 is 0 Å². The maximum atomic E-state index is 12.4. The molecule has 0 spiro atoms. The first-order chi connectivity index (χ1) is 11.0. The highest BCUT2D eigenvalue weighted by atomic mass is 16.4. The zero-order valence-electron chi connectivity index (χ0n) is 12.5. The van der Waals surface area contributed by atoms with E-state index < -0.39 is 22.4 Å². The van der Waals surface area contributed by atoms with Gasteiger partial charge < -0.3 is 10.2 Å². The van der Waals surface area contributed by atoms with Gasteiger partial charge in [0.25, 0.3) is 11.1 Å². The van der Waals surface area contributed by atoms with E-state index in [1.54, 1.807) is 0 Å². The second kappa shape index (κ2) is 5.92. The van der Waals surface area contributed by atoms with Gasteiger partial charge in [0, 0.05) is 6.54 Å². The van der Waals surface area contributed by atoms with E-state index in [-0.39, 0.29) is 21.5 Å². The Morgan fingerprint density at radius 3 is 1.83 bits per heavy atom. The molecule has 3 rings (SSSR count). The molecule has 0 saturated carbocycles. The van der Waals surface area contributed by atoms with Gasteiger partial charge in [-0.2, -0.15) is 0 Å². The third-order valence-electron chi connectivity index (χ3n) is 4.07. The second-order valence-corrected chi connectivity index (χ2v) is 5.59. The molecule has 2 N–H and O–H groups in total. The molecule has 0 aliphatic carbocycles. The van der Waals surface area contributed by atoms with Gasteiger partial charge in [0.05, 0.1) is 21.5 Å². The van der Waals surface area contributed by atoms with Crippen LogP contribution in [0, 0.1) is 0 Å². The Bertz CT molecular complexity index is 990. The zero-order valence-corrected chi connectivity index (χ0v) is 12.5. The summed E-state index contributed by atoms with van der Waals surface area (Å²) < 4.78 is 5.65. The van der Waals surface area contributed by atoms with Gasteiger partial charge in [0.15, 0.2) is 0 Å². The molecule has 0 fully saturated rings. The first-order valence-electron chi connectivity index (χ1n) is 7.55. The molecule has 7 heteroatoms. The lowest BCUT2D eigenvalue weighted by Gasteiger charge is -2.00. The number of hydrogen-bond acceptors (Lipinski definition) is 6. The van der Waals surface area contributed by atoms with Crippen LogP contribution in [0.4, 0.5) is 0 Å². The van der Waals surface area contributed by atoms with Crippen LogP contribution in [0.3, 0.4) is 0 Å². The number of furan rings is 1. The topological polar surface area (TPSA) is 112 Å². The molecule has 0 radical (unpaired) electrons. The van der Waals surface area contributed by atoms with Crippen molar-refractivity contribution in [3.05, 3.63) is 53.7 Å². The van der Waals surface area contributed by atoms with Crippen molar-refractivity contribution in [3.63, 3.8) is 0 Å². The Balaban J connectivity index is 2.04. The maximum Gasteiger partial charge on any atom is 0.346 e. The molecule has 0 bridgehead atoms. The van der Waals surface area contributed by atoms with Crippen LogP contribution < -0.4 is 28.1 Å². The fourth-order valence-corrected chi connectivity index (χ4v) is 2.84. The van der Waals surface area contributed by atoms with Crippen LogP contribution in [0.5, 0.6) is 0 Å². The number of unbranched alkanes of at least 4 members (excludes halogenated alkanes) is 3. The minimum atomic E-state index is -0.784. The van der Waals surface area contributed by atoms with Gasteiger partial charge in [-0.3, -0.25) is 14.2 Å². The molecular weight excluding hydrogens is 300 g/mol. The van der Waals surface area contributed by atoms with Crippen molar-refractivity contribution in [1.29, 1.82) is 0 Å². The van der Waals surface area contributed by atoms with Crippen molar-refractivity contribution in [2.24, 2.45) is 5.73 Å². The Kier molecular flexibility index (Phi) is 3.96. The third-order valence-corrected chi connectivity index (χ3v) is 4.07. The second-order valence-electron chi connectivity index (χ2n) is 5.59. The molecule has 0 aliphatic rings. The van der Waals surface area contributed by atoms with Gasteiger partial charge in [-0.1, -0.05) is 12.8 Å². The Morgan fingerprint density at radius 2 is 1.30 bits per heavy atom. The summed E-state index contributed by atoms with van der Waals surface area (Å²) in [4.78, 5) is 47.8. The van der Waals surface area contributed by atoms with Crippen molar-refractivity contribution < 1.29 is 4.42 Å². The summed E-state index contributed by atoms with van der Waals surface area (Å²) in [7, 11) is 0. The van der Waals surface area contributed by atoms with E-state index in [2.05, 4.69) is 4.42 Å². The van der Waals surface area contributed by atoms with Crippen LogP contribution in [0.1, 0.15) is 25.7 Å². The van der Waals surface area contributed by atoms with Gasteiger partial charge in [-0.15, -0.1) is 0 Å². The quantitative estimate of drug-likeness (QED) is 0.651. The summed E-state index contributed by atoms with van der Waals surface area (Å²) in [6.45, 7) is 0.947. The molecule has 3 aromatic rings. The average Bonchev–Trinajstić information content (AvgIpc) is 2.94. The van der Waals surface area contributed by atoms with Crippen LogP contribution in [0.2, 0.25) is 0 Å². The van der Waals surface area contributed by atoms with Crippen LogP contribution in [0.15, 0.2) is 35.7 Å². The number of nitrogens with zero attached hydrogens (tertiary/aromatic N) is 1. The van der Waals surface area contributed by atoms with E-state index in [0.29, 0.717) is 19.5 Å². The molecule has 1 aromatic carbocycles. The molecule has 0 amide bonds. The predicted octanol–water partition coefficient (Wildman–Crippen LogP) is 0.223. The summed E-state index contributed by atoms with van der Waals surface area (Å²) in [6.07, 6.45) is 3.45. The van der Waals surface area contributed by atoms with E-state index in [1.165, 1.54) is 12.1 Å². The molecule has 0 aliphatic heterocycles. The van der Waals surface area contributed by atoms with Crippen molar-refractivity contribution in [2.45, 2.75) is 32.2 Å². The fraction of sp³-hybridized carbons (Fsp3) is 0.375. The minimum absolute atomic E-state index is 0.0414. The highest BCUT2D eigenvalue weighted by Crippen LogP contribution is 2.14. The van der Waals surface area contributed by atoms with Crippen LogP contribution in [-0.2, 0) is 6.54 Å². The number of nitrogens with two attached hydrogens (primary N) is 1. The van der Waals surface area contributed by atoms with Gasteiger partial charge >= 0.3 is 11.3 Å². The SMILES string of the molecule is NCCCCCCn1c(=O)c2cc3c(=O)oc(=O)c3cc2c1=O. The molecule has 2 aromatic heterocycles. The van der Waals surface area contributed by atoms with Crippen molar-refractivity contribution in [1.82, 2.24) is 4.57 Å². The standard InChI is InChI=1S/C16H16N2O5/c17-5-3-1-2-4-6-18-13(19)9-7-11-12(8-10(9)14(18)20)16(22)23-15(11)21/h7-8H,1-6,17H2. The lowest BCUT2D eigenvalue weighted by atomic mass is 10.1. The van der Waals surface area contributed by atoms with Gasteiger partial charge in [0.2, 0.25) is 0 Å². The molecule has 2 heterocycles. The third kappa shape index (κ3) is 2.53. The Labute approximate surface area is 129 Å². The van der Waals surface area contributed by atoms with E-state index in [1.807, 2.05) is 0 Å². The van der Waals surface area contributed by atoms with Crippen molar-refractivity contribution in [3.8, 4) is 0 Å². The first-order valence-corrected chi connectivity index (χ1v) is 7.55. The summed E-state index contributed by atoms with van der Waals surface area (Å²) in [5, 5.41) is 0.393. The maximum absolute atomic E-state index is 12.4. The van der Waals surface area contributed by atoms with E-state index in [9.17, 15) is 19.2 Å². The molecule has 0 saturated heterocycles. The van der Waals surface area contributed by atoms with Crippen LogP contribution in [-0.4, -0.2) is 11.1 Å². The van der Waals surface area contributed by atoms with Crippen LogP contribution in [0.25, 0.3) is 21.5 Å². The lowest BCUT2D eigenvalue weighted by Crippen LogP contribution is -2.25. The van der Waals surface area contributed by atoms with Crippen molar-refractivity contribution >= 4 is 21.5 Å². The fourth-order valence-electron chi connectivity index (χ4n) is 2.84. The number of benzene rings is 1. The monoisotopic (exact) mass is 316 g/mol. The molecule has 7 nitrogen and oxygen atoms in total.